The number of methoxy groups -OCH3 is 1. The zero-order valence-corrected chi connectivity index (χ0v) is 13.2. The van der Waals surface area contributed by atoms with Crippen molar-refractivity contribution >= 4 is 12.0 Å². The number of hydrogen-bond donors (Lipinski definition) is 0. The molecule has 1 amide bonds. The summed E-state index contributed by atoms with van der Waals surface area (Å²) in [6.07, 6.45) is 6.63. The van der Waals surface area contributed by atoms with Gasteiger partial charge in [-0.3, -0.25) is 4.79 Å². The van der Waals surface area contributed by atoms with Crippen molar-refractivity contribution in [3.05, 3.63) is 18.7 Å². The third-order valence-corrected chi connectivity index (χ3v) is 3.29. The predicted octanol–water partition coefficient (Wildman–Crippen LogP) is -2.83. The van der Waals surface area contributed by atoms with Crippen molar-refractivity contribution in [2.24, 2.45) is 13.0 Å². The minimum atomic E-state index is -0.172. The monoisotopic (exact) mass is 379 g/mol. The number of imidazole rings is 1. The molecule has 0 atom stereocenters. The van der Waals surface area contributed by atoms with Crippen LogP contribution in [0.15, 0.2) is 18.7 Å². The summed E-state index contributed by atoms with van der Waals surface area (Å²) in [5, 5.41) is 0. The fraction of sp³-hybridized carbons (Fsp3) is 0.583. The van der Waals surface area contributed by atoms with Crippen molar-refractivity contribution in [3.8, 4) is 0 Å². The molecule has 0 aliphatic carbocycles. The Morgan fingerprint density at radius 2 is 1.95 bits per heavy atom. The topological polar surface area (TPSA) is 55.4 Å². The lowest BCUT2D eigenvalue weighted by atomic mass is 9.97. The summed E-state index contributed by atoms with van der Waals surface area (Å²) in [5.74, 6) is -0.241. The molecule has 0 spiro atoms. The van der Waals surface area contributed by atoms with E-state index in [0.29, 0.717) is 25.9 Å². The molecule has 0 unspecified atom stereocenters. The zero-order valence-electron chi connectivity index (χ0n) is 11.1. The highest BCUT2D eigenvalue weighted by molar-refractivity contribution is 5.77. The number of carbonyl (C=O) groups excluding carboxylic acids is 2. The number of aryl methyl sites for hydroxylation is 1. The van der Waals surface area contributed by atoms with Gasteiger partial charge in [-0.1, -0.05) is 0 Å². The van der Waals surface area contributed by atoms with E-state index in [-0.39, 0.29) is 41.9 Å². The molecule has 106 valence electrons. The maximum atomic E-state index is 12.1. The fourth-order valence-electron chi connectivity index (χ4n) is 2.20. The van der Waals surface area contributed by atoms with Gasteiger partial charge in [0.1, 0.15) is 12.4 Å². The van der Waals surface area contributed by atoms with Crippen LogP contribution < -0.4 is 28.5 Å². The van der Waals surface area contributed by atoms with Crippen molar-refractivity contribution < 1.29 is 42.9 Å². The second kappa shape index (κ2) is 6.88. The van der Waals surface area contributed by atoms with Gasteiger partial charge in [0, 0.05) is 13.1 Å². The molecule has 7 heteroatoms. The normalized spacial score (nSPS) is 15.8. The van der Waals surface area contributed by atoms with Crippen molar-refractivity contribution in [1.29, 1.82) is 0 Å². The van der Waals surface area contributed by atoms with Crippen LogP contribution >= 0.6 is 0 Å². The number of piperidine rings is 1. The van der Waals surface area contributed by atoms with E-state index in [0.717, 1.165) is 0 Å². The molecule has 0 saturated carbocycles. The standard InChI is InChI=1S/C12H18N3O3.HI/c1-13-7-8-15(9-13)12(17)14-5-3-10(4-6-14)11(16)18-2;/h7-10H,3-6H2,1-2H3;1H/q+1;/p-1. The van der Waals surface area contributed by atoms with Gasteiger partial charge in [-0.05, 0) is 12.8 Å². The minimum absolute atomic E-state index is 0. The lowest BCUT2D eigenvalue weighted by Crippen LogP contribution is -3.00. The average Bonchev–Trinajstić information content (AvgIpc) is 2.84. The number of ether oxygens (including phenoxy) is 1. The van der Waals surface area contributed by atoms with Crippen LogP contribution in [0, 0.1) is 5.92 Å². The smallest absolute Gasteiger partial charge is 0.415 e. The summed E-state index contributed by atoms with van der Waals surface area (Å²) in [7, 11) is 3.27. The van der Waals surface area contributed by atoms with E-state index in [4.69, 9.17) is 4.74 Å². The Kier molecular flexibility index (Phi) is 5.77. The molecule has 1 aromatic rings. The van der Waals surface area contributed by atoms with E-state index in [1.165, 1.54) is 7.11 Å². The Hall–Kier alpha value is -1.12. The zero-order chi connectivity index (χ0) is 13.1. The second-order valence-electron chi connectivity index (χ2n) is 4.55. The Morgan fingerprint density at radius 1 is 1.32 bits per heavy atom. The lowest BCUT2D eigenvalue weighted by molar-refractivity contribution is -0.670. The first-order chi connectivity index (χ1) is 8.61. The highest BCUT2D eigenvalue weighted by Crippen LogP contribution is 2.18. The molecule has 0 N–H and O–H groups in total. The van der Waals surface area contributed by atoms with Gasteiger partial charge in [0.25, 0.3) is 6.33 Å². The molecular formula is C12H18IN3O3. The number of halogens is 1. The second-order valence-corrected chi connectivity index (χ2v) is 4.55. The number of likely N-dealkylation sites (tertiary alicyclic amines) is 1. The number of nitrogens with zero attached hydrogens (tertiary/aromatic N) is 3. The first-order valence-electron chi connectivity index (χ1n) is 6.02. The van der Waals surface area contributed by atoms with E-state index >= 15 is 0 Å². The molecule has 19 heavy (non-hydrogen) atoms. The molecule has 1 aliphatic rings. The molecule has 0 bridgehead atoms. The van der Waals surface area contributed by atoms with Crippen LogP contribution in [0.4, 0.5) is 4.79 Å². The van der Waals surface area contributed by atoms with Gasteiger partial charge < -0.3 is 33.6 Å². The van der Waals surface area contributed by atoms with Crippen LogP contribution in [0.5, 0.6) is 0 Å². The predicted molar refractivity (Wildman–Crippen MR) is 62.7 cm³/mol. The van der Waals surface area contributed by atoms with Gasteiger partial charge >= 0.3 is 12.0 Å². The lowest BCUT2D eigenvalue weighted by Gasteiger charge is -2.28. The van der Waals surface area contributed by atoms with E-state index in [1.54, 1.807) is 22.0 Å². The molecule has 1 aromatic heterocycles. The molecule has 1 aliphatic heterocycles. The summed E-state index contributed by atoms with van der Waals surface area (Å²) in [6, 6.07) is -0.0427. The van der Waals surface area contributed by atoms with E-state index in [2.05, 4.69) is 0 Å². The van der Waals surface area contributed by atoms with Crippen LogP contribution in [0.25, 0.3) is 0 Å². The van der Waals surface area contributed by atoms with Gasteiger partial charge in [0.15, 0.2) is 0 Å². The summed E-state index contributed by atoms with van der Waals surface area (Å²) < 4.78 is 8.10. The minimum Gasteiger partial charge on any atom is -1.00 e. The Bertz CT molecular complexity index is 453. The van der Waals surface area contributed by atoms with Gasteiger partial charge in [0.2, 0.25) is 0 Å². The largest absolute Gasteiger partial charge is 1.00 e. The number of aromatic nitrogens is 2. The fourth-order valence-corrected chi connectivity index (χ4v) is 2.20. The Morgan fingerprint density at radius 3 is 2.42 bits per heavy atom. The van der Waals surface area contributed by atoms with Gasteiger partial charge in [0.05, 0.1) is 20.1 Å². The molecule has 0 radical (unpaired) electrons. The van der Waals surface area contributed by atoms with Crippen molar-refractivity contribution in [2.75, 3.05) is 20.2 Å². The summed E-state index contributed by atoms with van der Waals surface area (Å²) in [4.78, 5) is 25.3. The van der Waals surface area contributed by atoms with Crippen LogP contribution in [0.3, 0.4) is 0 Å². The Balaban J connectivity index is 0.00000180. The highest BCUT2D eigenvalue weighted by Gasteiger charge is 2.30. The average molecular weight is 379 g/mol. The molecular weight excluding hydrogens is 361 g/mol. The third-order valence-electron chi connectivity index (χ3n) is 3.29. The Labute approximate surface area is 129 Å². The van der Waals surface area contributed by atoms with Crippen LogP contribution in [0.2, 0.25) is 0 Å². The first kappa shape index (κ1) is 15.9. The molecule has 1 fully saturated rings. The number of carbonyl (C=O) groups is 2. The maximum Gasteiger partial charge on any atom is 0.415 e. The van der Waals surface area contributed by atoms with Crippen LogP contribution in [-0.2, 0) is 16.6 Å². The summed E-state index contributed by atoms with van der Waals surface area (Å²) >= 11 is 0. The number of amides is 1. The highest BCUT2D eigenvalue weighted by atomic mass is 127. The SMILES string of the molecule is COC(=O)C1CCN(C(=O)n2cc[n+](C)c2)CC1.[I-]. The van der Waals surface area contributed by atoms with E-state index in [9.17, 15) is 9.59 Å². The number of rotatable bonds is 1. The maximum absolute atomic E-state index is 12.1. The van der Waals surface area contributed by atoms with E-state index in [1.807, 2.05) is 17.8 Å². The summed E-state index contributed by atoms with van der Waals surface area (Å²) in [5.41, 5.74) is 0. The van der Waals surface area contributed by atoms with E-state index < -0.39 is 0 Å². The molecule has 0 aromatic carbocycles. The van der Waals surface area contributed by atoms with Crippen molar-refractivity contribution in [1.82, 2.24) is 9.47 Å². The molecule has 6 nitrogen and oxygen atoms in total. The van der Waals surface area contributed by atoms with Crippen molar-refractivity contribution in [3.63, 3.8) is 0 Å². The molecule has 1 saturated heterocycles. The van der Waals surface area contributed by atoms with Gasteiger partial charge in [-0.15, -0.1) is 0 Å². The van der Waals surface area contributed by atoms with Gasteiger partial charge in [-0.2, -0.15) is 4.57 Å². The van der Waals surface area contributed by atoms with Crippen LogP contribution in [0.1, 0.15) is 12.8 Å². The first-order valence-corrected chi connectivity index (χ1v) is 6.02. The quantitative estimate of drug-likeness (QED) is 0.300. The molecule has 2 heterocycles. The third kappa shape index (κ3) is 3.68. The van der Waals surface area contributed by atoms with Crippen LogP contribution in [-0.4, -0.2) is 41.7 Å². The summed E-state index contributed by atoms with van der Waals surface area (Å²) in [6.45, 7) is 1.20. The number of esters is 1. The molecule has 2 rings (SSSR count). The van der Waals surface area contributed by atoms with Gasteiger partial charge in [-0.25, -0.2) is 9.36 Å². The number of hydrogen-bond acceptors (Lipinski definition) is 3. The van der Waals surface area contributed by atoms with Crippen molar-refractivity contribution in [2.45, 2.75) is 12.8 Å².